The average Bonchev–Trinajstić information content (AvgIpc) is 3.06. The van der Waals surface area contributed by atoms with E-state index in [9.17, 15) is 18.3 Å². The second-order valence-electron chi connectivity index (χ2n) is 5.48. The molecule has 1 heterocycles. The van der Waals surface area contributed by atoms with Crippen LogP contribution in [0, 0.1) is 5.92 Å². The molecule has 1 aliphatic carbocycles. The molecule has 0 aromatic rings. The molecule has 0 amide bonds. The Morgan fingerprint density at radius 1 is 1.45 bits per heavy atom. The summed E-state index contributed by atoms with van der Waals surface area (Å²) in [5, 5.41) is 9.02. The minimum atomic E-state index is -3.60. The van der Waals surface area contributed by atoms with Crippen molar-refractivity contribution in [3.05, 3.63) is 0 Å². The van der Waals surface area contributed by atoms with Crippen LogP contribution in [0.15, 0.2) is 0 Å². The molecule has 2 aliphatic rings. The molecule has 116 valence electrons. The van der Waals surface area contributed by atoms with Crippen molar-refractivity contribution in [2.24, 2.45) is 5.92 Å². The largest absolute Gasteiger partial charge is 0.480 e. The minimum absolute atomic E-state index is 0.0346. The van der Waals surface area contributed by atoms with Crippen LogP contribution in [0.2, 0.25) is 0 Å². The Kier molecular flexibility index (Phi) is 4.99. The van der Waals surface area contributed by atoms with Crippen molar-refractivity contribution in [1.29, 1.82) is 0 Å². The maximum absolute atomic E-state index is 12.4. The van der Waals surface area contributed by atoms with Crippen molar-refractivity contribution in [3.63, 3.8) is 0 Å². The fourth-order valence-corrected chi connectivity index (χ4v) is 6.02. The predicted octanol–water partition coefficient (Wildman–Crippen LogP) is 0.979. The van der Waals surface area contributed by atoms with Gasteiger partial charge in [-0.2, -0.15) is 4.31 Å². The summed E-state index contributed by atoms with van der Waals surface area (Å²) in [6, 6.07) is -0.936. The van der Waals surface area contributed by atoms with Crippen molar-refractivity contribution in [2.75, 3.05) is 18.1 Å². The molecule has 2 fully saturated rings. The summed E-state index contributed by atoms with van der Waals surface area (Å²) in [4.78, 5) is 11.3. The first-order valence-electron chi connectivity index (χ1n) is 6.80. The van der Waals surface area contributed by atoms with Crippen molar-refractivity contribution < 1.29 is 23.1 Å². The van der Waals surface area contributed by atoms with Crippen molar-refractivity contribution >= 4 is 27.8 Å². The molecule has 1 aliphatic heterocycles. The third-order valence-electron chi connectivity index (χ3n) is 3.41. The van der Waals surface area contributed by atoms with E-state index in [4.69, 9.17) is 4.74 Å². The number of sulfonamides is 1. The van der Waals surface area contributed by atoms with Gasteiger partial charge in [-0.3, -0.25) is 4.79 Å². The summed E-state index contributed by atoms with van der Waals surface area (Å²) in [6.07, 6.45) is 1.93. The van der Waals surface area contributed by atoms with Gasteiger partial charge in [-0.1, -0.05) is 0 Å². The van der Waals surface area contributed by atoms with Crippen molar-refractivity contribution in [2.45, 2.75) is 44.2 Å². The zero-order valence-electron chi connectivity index (χ0n) is 11.7. The molecule has 1 N–H and O–H groups in total. The molecule has 2 unspecified atom stereocenters. The van der Waals surface area contributed by atoms with E-state index >= 15 is 0 Å². The van der Waals surface area contributed by atoms with Crippen LogP contribution in [0.5, 0.6) is 0 Å². The maximum Gasteiger partial charge on any atom is 0.322 e. The van der Waals surface area contributed by atoms with Crippen LogP contribution in [-0.4, -0.2) is 59.4 Å². The first-order valence-corrected chi connectivity index (χ1v) is 9.46. The average molecular weight is 323 g/mol. The summed E-state index contributed by atoms with van der Waals surface area (Å²) in [7, 11) is -3.60. The fraction of sp³-hybridized carbons (Fsp3) is 0.917. The lowest BCUT2D eigenvalue weighted by molar-refractivity contribution is -0.140. The lowest BCUT2D eigenvalue weighted by Crippen LogP contribution is -2.47. The number of aliphatic carboxylic acids is 1. The first-order chi connectivity index (χ1) is 9.33. The van der Waals surface area contributed by atoms with Gasteiger partial charge in [-0.05, 0) is 32.6 Å². The van der Waals surface area contributed by atoms with Gasteiger partial charge in [0.15, 0.2) is 0 Å². The smallest absolute Gasteiger partial charge is 0.322 e. The number of carbonyl (C=O) groups is 1. The lowest BCUT2D eigenvalue weighted by Gasteiger charge is -2.26. The van der Waals surface area contributed by atoms with Gasteiger partial charge in [0.25, 0.3) is 0 Å². The topological polar surface area (TPSA) is 83.9 Å². The number of hydrogen-bond donors (Lipinski definition) is 1. The summed E-state index contributed by atoms with van der Waals surface area (Å²) >= 11 is 1.45. The van der Waals surface area contributed by atoms with Crippen LogP contribution >= 0.6 is 11.8 Å². The SMILES string of the molecule is CC(C)OCCS(=O)(=O)N1C(C(=O)O)CSC1C1CC1. The van der Waals surface area contributed by atoms with E-state index in [0.29, 0.717) is 11.7 Å². The quantitative estimate of drug-likeness (QED) is 0.752. The Morgan fingerprint density at radius 2 is 2.10 bits per heavy atom. The molecule has 2 rings (SSSR count). The number of carboxylic acids is 1. The molecule has 8 heteroatoms. The molecule has 0 radical (unpaired) electrons. The molecule has 2 atom stereocenters. The van der Waals surface area contributed by atoms with E-state index < -0.39 is 22.0 Å². The highest BCUT2D eigenvalue weighted by molar-refractivity contribution is 8.01. The van der Waals surface area contributed by atoms with Crippen molar-refractivity contribution in [1.82, 2.24) is 4.31 Å². The van der Waals surface area contributed by atoms with Crippen LogP contribution < -0.4 is 0 Å². The van der Waals surface area contributed by atoms with E-state index in [1.807, 2.05) is 13.8 Å². The van der Waals surface area contributed by atoms with Gasteiger partial charge in [-0.15, -0.1) is 11.8 Å². The highest BCUT2D eigenvalue weighted by Crippen LogP contribution is 2.46. The minimum Gasteiger partial charge on any atom is -0.480 e. The molecular weight excluding hydrogens is 302 g/mol. The molecule has 1 saturated heterocycles. The molecule has 20 heavy (non-hydrogen) atoms. The Labute approximate surface area is 123 Å². The number of nitrogens with zero attached hydrogens (tertiary/aromatic N) is 1. The molecule has 0 spiro atoms. The molecule has 0 bridgehead atoms. The van der Waals surface area contributed by atoms with Gasteiger partial charge in [0.05, 0.1) is 23.8 Å². The zero-order chi connectivity index (χ0) is 14.9. The summed E-state index contributed by atoms with van der Waals surface area (Å²) in [6.45, 7) is 3.78. The van der Waals surface area contributed by atoms with Gasteiger partial charge in [0.2, 0.25) is 10.0 Å². The van der Waals surface area contributed by atoms with E-state index in [1.54, 1.807) is 0 Å². The van der Waals surface area contributed by atoms with E-state index in [2.05, 4.69) is 0 Å². The van der Waals surface area contributed by atoms with Gasteiger partial charge in [0, 0.05) is 5.75 Å². The number of ether oxygens (including phenoxy) is 1. The maximum atomic E-state index is 12.4. The van der Waals surface area contributed by atoms with Crippen LogP contribution in [0.4, 0.5) is 0 Å². The Hall–Kier alpha value is -0.310. The third-order valence-corrected chi connectivity index (χ3v) is 6.81. The van der Waals surface area contributed by atoms with E-state index in [-0.39, 0.29) is 23.8 Å². The zero-order valence-corrected chi connectivity index (χ0v) is 13.3. The summed E-state index contributed by atoms with van der Waals surface area (Å²) in [5.41, 5.74) is 0. The molecule has 0 aromatic carbocycles. The van der Waals surface area contributed by atoms with Crippen LogP contribution in [0.1, 0.15) is 26.7 Å². The van der Waals surface area contributed by atoms with Gasteiger partial charge in [-0.25, -0.2) is 8.42 Å². The highest BCUT2D eigenvalue weighted by atomic mass is 32.2. The van der Waals surface area contributed by atoms with E-state index in [0.717, 1.165) is 12.8 Å². The third kappa shape index (κ3) is 3.66. The Morgan fingerprint density at radius 3 is 2.60 bits per heavy atom. The van der Waals surface area contributed by atoms with Crippen LogP contribution in [-0.2, 0) is 19.6 Å². The van der Waals surface area contributed by atoms with Gasteiger partial charge < -0.3 is 9.84 Å². The summed E-state index contributed by atoms with van der Waals surface area (Å²) in [5.74, 6) is -0.571. The highest BCUT2D eigenvalue weighted by Gasteiger charge is 2.50. The number of carboxylic acid groups (broad SMARTS) is 1. The Balaban J connectivity index is 2.09. The van der Waals surface area contributed by atoms with Gasteiger partial charge in [0.1, 0.15) is 6.04 Å². The number of thioether (sulfide) groups is 1. The van der Waals surface area contributed by atoms with E-state index in [1.165, 1.54) is 16.1 Å². The second kappa shape index (κ2) is 6.21. The number of hydrogen-bond acceptors (Lipinski definition) is 5. The first kappa shape index (κ1) is 16.1. The lowest BCUT2D eigenvalue weighted by atomic mass is 10.3. The molecule has 1 saturated carbocycles. The predicted molar refractivity (Wildman–Crippen MR) is 77.1 cm³/mol. The van der Waals surface area contributed by atoms with Crippen LogP contribution in [0.3, 0.4) is 0 Å². The number of rotatable bonds is 7. The van der Waals surface area contributed by atoms with Gasteiger partial charge >= 0.3 is 5.97 Å². The Bertz CT molecular complexity index is 460. The monoisotopic (exact) mass is 323 g/mol. The normalized spacial score (nSPS) is 28.1. The summed E-state index contributed by atoms with van der Waals surface area (Å²) < 4.78 is 31.4. The molecular formula is C12H21NO5S2. The fourth-order valence-electron chi connectivity index (χ4n) is 2.27. The van der Waals surface area contributed by atoms with Crippen molar-refractivity contribution in [3.8, 4) is 0 Å². The molecule has 0 aromatic heterocycles. The second-order valence-corrected chi connectivity index (χ2v) is 8.62. The molecule has 6 nitrogen and oxygen atoms in total. The van der Waals surface area contributed by atoms with Crippen LogP contribution in [0.25, 0.3) is 0 Å². The standard InChI is InChI=1S/C12H21NO5S2/c1-8(2)18-5-6-20(16,17)13-10(12(14)15)7-19-11(13)9-3-4-9/h8-11H,3-7H2,1-2H3,(H,14,15).